The normalized spacial score (nSPS) is 11.6. The van der Waals surface area contributed by atoms with Gasteiger partial charge in [0.05, 0.1) is 5.52 Å². The molecule has 0 saturated carbocycles. The maximum atomic E-state index is 4.55. The summed E-state index contributed by atoms with van der Waals surface area (Å²) in [6.07, 6.45) is 1.89. The number of rotatable bonds is 2. The summed E-state index contributed by atoms with van der Waals surface area (Å²) in [4.78, 5) is 4.55. The van der Waals surface area contributed by atoms with Gasteiger partial charge in [-0.3, -0.25) is 4.98 Å². The van der Waals surface area contributed by atoms with Crippen LogP contribution in [0.2, 0.25) is 0 Å². The average Bonchev–Trinajstić information content (AvgIpc) is 2.27. The van der Waals surface area contributed by atoms with Gasteiger partial charge in [-0.25, -0.2) is 0 Å². The van der Waals surface area contributed by atoms with Crippen molar-refractivity contribution in [2.75, 3.05) is 0 Å². The molecule has 0 saturated heterocycles. The molecule has 0 aliphatic rings. The van der Waals surface area contributed by atoms with Crippen molar-refractivity contribution in [1.29, 1.82) is 0 Å². The first-order valence-electron chi connectivity index (χ1n) is 5.98. The van der Waals surface area contributed by atoms with Crippen LogP contribution in [-0.4, -0.2) is 4.98 Å². The van der Waals surface area contributed by atoms with E-state index in [0.29, 0.717) is 11.8 Å². The second-order valence-corrected chi connectivity index (χ2v) is 4.95. The lowest BCUT2D eigenvalue weighted by molar-refractivity contribution is 0.856. The van der Waals surface area contributed by atoms with E-state index >= 15 is 0 Å². The second-order valence-electron chi connectivity index (χ2n) is 4.95. The van der Waals surface area contributed by atoms with Crippen LogP contribution in [0.25, 0.3) is 10.9 Å². The fourth-order valence-corrected chi connectivity index (χ4v) is 2.19. The van der Waals surface area contributed by atoms with Crippen LogP contribution in [0.15, 0.2) is 30.5 Å². The molecule has 2 rings (SSSR count). The highest BCUT2D eigenvalue weighted by Crippen LogP contribution is 2.29. The highest BCUT2D eigenvalue weighted by atomic mass is 14.7. The molecule has 0 fully saturated rings. The van der Waals surface area contributed by atoms with Crippen LogP contribution >= 0.6 is 0 Å². The molecule has 0 N–H and O–H groups in total. The molecule has 0 radical (unpaired) electrons. The van der Waals surface area contributed by atoms with Crippen molar-refractivity contribution in [1.82, 2.24) is 4.98 Å². The minimum atomic E-state index is 0.526. The minimum Gasteiger partial charge on any atom is -0.256 e. The van der Waals surface area contributed by atoms with Gasteiger partial charge in [0.1, 0.15) is 0 Å². The van der Waals surface area contributed by atoms with Gasteiger partial charge < -0.3 is 0 Å². The van der Waals surface area contributed by atoms with E-state index in [1.54, 1.807) is 0 Å². The lowest BCUT2D eigenvalue weighted by Gasteiger charge is -2.14. The molecule has 1 aromatic carbocycles. The fraction of sp³-hybridized carbons (Fsp3) is 0.400. The largest absolute Gasteiger partial charge is 0.256 e. The number of hydrogen-bond acceptors (Lipinski definition) is 1. The summed E-state index contributed by atoms with van der Waals surface area (Å²) in [5.74, 6) is 1.08. The predicted octanol–water partition coefficient (Wildman–Crippen LogP) is 4.48. The van der Waals surface area contributed by atoms with E-state index in [2.05, 4.69) is 50.9 Å². The van der Waals surface area contributed by atoms with Gasteiger partial charge in [-0.15, -0.1) is 0 Å². The van der Waals surface area contributed by atoms with Crippen LogP contribution in [0, 0.1) is 0 Å². The van der Waals surface area contributed by atoms with Crippen LogP contribution < -0.4 is 0 Å². The Balaban J connectivity index is 2.77. The Bertz CT molecular complexity index is 451. The standard InChI is InChI=1S/C15H19N/c1-10(2)12-7-8-13(11(3)4)15-14(12)6-5-9-16-15/h5-11H,1-4H3. The fourth-order valence-electron chi connectivity index (χ4n) is 2.19. The van der Waals surface area contributed by atoms with Crippen LogP contribution in [0.1, 0.15) is 50.7 Å². The summed E-state index contributed by atoms with van der Waals surface area (Å²) < 4.78 is 0. The molecular formula is C15H19N. The zero-order valence-corrected chi connectivity index (χ0v) is 10.5. The molecule has 1 aromatic heterocycles. The summed E-state index contributed by atoms with van der Waals surface area (Å²) in [6.45, 7) is 8.91. The number of nitrogens with zero attached hydrogens (tertiary/aromatic N) is 1. The summed E-state index contributed by atoms with van der Waals surface area (Å²) in [7, 11) is 0. The van der Waals surface area contributed by atoms with Gasteiger partial charge in [0.2, 0.25) is 0 Å². The quantitative estimate of drug-likeness (QED) is 0.716. The average molecular weight is 213 g/mol. The van der Waals surface area contributed by atoms with E-state index in [0.717, 1.165) is 0 Å². The van der Waals surface area contributed by atoms with Gasteiger partial charge in [-0.05, 0) is 29.0 Å². The van der Waals surface area contributed by atoms with E-state index in [1.165, 1.54) is 22.0 Å². The molecule has 0 spiro atoms. The molecule has 0 aliphatic heterocycles. The SMILES string of the molecule is CC(C)c1ccc(C(C)C)c2ncccc12. The molecule has 0 unspecified atom stereocenters. The summed E-state index contributed by atoms with van der Waals surface area (Å²) >= 11 is 0. The summed E-state index contributed by atoms with van der Waals surface area (Å²) in [6, 6.07) is 8.70. The van der Waals surface area contributed by atoms with Gasteiger partial charge in [-0.2, -0.15) is 0 Å². The number of fused-ring (bicyclic) bond motifs is 1. The van der Waals surface area contributed by atoms with Gasteiger partial charge in [0.25, 0.3) is 0 Å². The Labute approximate surface area is 97.5 Å². The van der Waals surface area contributed by atoms with Crippen molar-refractivity contribution in [3.63, 3.8) is 0 Å². The Morgan fingerprint density at radius 3 is 2.12 bits per heavy atom. The van der Waals surface area contributed by atoms with Crippen LogP contribution in [0.3, 0.4) is 0 Å². The van der Waals surface area contributed by atoms with Crippen LogP contribution in [-0.2, 0) is 0 Å². The molecule has 1 nitrogen and oxygen atoms in total. The highest BCUT2D eigenvalue weighted by Gasteiger charge is 2.11. The van der Waals surface area contributed by atoms with Gasteiger partial charge in [-0.1, -0.05) is 45.9 Å². The molecule has 1 heterocycles. The lowest BCUT2D eigenvalue weighted by Crippen LogP contribution is -1.96. The molecular weight excluding hydrogens is 194 g/mol. The van der Waals surface area contributed by atoms with Crippen LogP contribution in [0.5, 0.6) is 0 Å². The molecule has 0 bridgehead atoms. The van der Waals surface area contributed by atoms with Crippen LogP contribution in [0.4, 0.5) is 0 Å². The second kappa shape index (κ2) is 4.25. The smallest absolute Gasteiger partial charge is 0.0739 e. The summed E-state index contributed by atoms with van der Waals surface area (Å²) in [5.41, 5.74) is 3.91. The van der Waals surface area contributed by atoms with E-state index in [9.17, 15) is 0 Å². The first-order chi connectivity index (χ1) is 7.61. The Morgan fingerprint density at radius 1 is 0.875 bits per heavy atom. The van der Waals surface area contributed by atoms with Gasteiger partial charge in [0, 0.05) is 11.6 Å². The van der Waals surface area contributed by atoms with E-state index in [-0.39, 0.29) is 0 Å². The van der Waals surface area contributed by atoms with E-state index < -0.39 is 0 Å². The predicted molar refractivity (Wildman–Crippen MR) is 69.9 cm³/mol. The van der Waals surface area contributed by atoms with Crippen molar-refractivity contribution in [2.24, 2.45) is 0 Å². The maximum absolute atomic E-state index is 4.55. The Hall–Kier alpha value is -1.37. The first-order valence-corrected chi connectivity index (χ1v) is 5.98. The topological polar surface area (TPSA) is 12.9 Å². The minimum absolute atomic E-state index is 0.526. The van der Waals surface area contributed by atoms with E-state index in [1.807, 2.05) is 12.3 Å². The molecule has 2 aromatic rings. The van der Waals surface area contributed by atoms with Gasteiger partial charge in [0.15, 0.2) is 0 Å². The molecule has 84 valence electrons. The molecule has 0 atom stereocenters. The van der Waals surface area contributed by atoms with Crippen molar-refractivity contribution in [3.8, 4) is 0 Å². The summed E-state index contributed by atoms with van der Waals surface area (Å²) in [5, 5.41) is 1.31. The third-order valence-corrected chi connectivity index (χ3v) is 3.08. The lowest BCUT2D eigenvalue weighted by atomic mass is 9.92. The van der Waals surface area contributed by atoms with Crippen molar-refractivity contribution >= 4 is 10.9 Å². The Morgan fingerprint density at radius 2 is 1.50 bits per heavy atom. The number of hydrogen-bond donors (Lipinski definition) is 0. The zero-order chi connectivity index (χ0) is 11.7. The highest BCUT2D eigenvalue weighted by molar-refractivity contribution is 5.85. The monoisotopic (exact) mass is 213 g/mol. The molecule has 0 aliphatic carbocycles. The van der Waals surface area contributed by atoms with Crippen molar-refractivity contribution in [3.05, 3.63) is 41.6 Å². The Kier molecular flexibility index (Phi) is 2.95. The number of pyridine rings is 1. The third-order valence-electron chi connectivity index (χ3n) is 3.08. The first kappa shape index (κ1) is 11.1. The number of aromatic nitrogens is 1. The van der Waals surface area contributed by atoms with Gasteiger partial charge >= 0.3 is 0 Å². The van der Waals surface area contributed by atoms with E-state index in [4.69, 9.17) is 0 Å². The molecule has 1 heteroatoms. The third kappa shape index (κ3) is 1.82. The zero-order valence-electron chi connectivity index (χ0n) is 10.5. The van der Waals surface area contributed by atoms with Crippen molar-refractivity contribution < 1.29 is 0 Å². The van der Waals surface area contributed by atoms with Crippen molar-refractivity contribution in [2.45, 2.75) is 39.5 Å². The molecule has 0 amide bonds. The maximum Gasteiger partial charge on any atom is 0.0739 e. The number of benzene rings is 1. The molecule has 16 heavy (non-hydrogen) atoms.